The van der Waals surface area contributed by atoms with Gasteiger partial charge in [0.25, 0.3) is 5.91 Å². The van der Waals surface area contributed by atoms with Crippen LogP contribution >= 0.6 is 11.6 Å². The van der Waals surface area contributed by atoms with Crippen LogP contribution in [-0.4, -0.2) is 18.6 Å². The third kappa shape index (κ3) is 4.87. The molecule has 1 aromatic rings. The zero-order chi connectivity index (χ0) is 12.8. The molecule has 1 amide bonds. The third-order valence-electron chi connectivity index (χ3n) is 1.93. The number of hydrogen-bond donors (Lipinski definition) is 1. The molecule has 0 saturated heterocycles. The first-order valence-electron chi connectivity index (χ1n) is 5.02. The van der Waals surface area contributed by atoms with Crippen molar-refractivity contribution in [3.63, 3.8) is 0 Å². The van der Waals surface area contributed by atoms with Gasteiger partial charge in [0.1, 0.15) is 11.6 Å². The lowest BCUT2D eigenvalue weighted by Gasteiger charge is -2.14. The first kappa shape index (κ1) is 13.5. The highest BCUT2D eigenvalue weighted by atomic mass is 35.5. The van der Waals surface area contributed by atoms with Gasteiger partial charge in [-0.2, -0.15) is 0 Å². The first-order chi connectivity index (χ1) is 7.99. The molecule has 0 fully saturated rings. The zero-order valence-corrected chi connectivity index (χ0v) is 10.1. The van der Waals surface area contributed by atoms with Crippen LogP contribution in [0.1, 0.15) is 6.92 Å². The molecule has 0 radical (unpaired) electrons. The van der Waals surface area contributed by atoms with Crippen LogP contribution in [0.25, 0.3) is 0 Å². The van der Waals surface area contributed by atoms with Crippen molar-refractivity contribution in [1.29, 1.82) is 0 Å². The van der Waals surface area contributed by atoms with Crippen molar-refractivity contribution in [2.45, 2.75) is 13.0 Å². The Morgan fingerprint density at radius 3 is 2.94 bits per heavy atom. The van der Waals surface area contributed by atoms with Crippen LogP contribution in [0.3, 0.4) is 0 Å². The van der Waals surface area contributed by atoms with Gasteiger partial charge in [-0.05, 0) is 19.1 Å². The molecule has 3 nitrogen and oxygen atoms in total. The summed E-state index contributed by atoms with van der Waals surface area (Å²) in [4.78, 5) is 11.5. The van der Waals surface area contributed by atoms with Gasteiger partial charge in [0.05, 0.1) is 6.54 Å². The van der Waals surface area contributed by atoms with E-state index in [4.69, 9.17) is 16.3 Å². The number of carbonyl (C=O) groups is 1. The van der Waals surface area contributed by atoms with Gasteiger partial charge in [-0.25, -0.2) is 4.39 Å². The molecule has 0 aliphatic heterocycles. The van der Waals surface area contributed by atoms with Gasteiger partial charge in [-0.1, -0.05) is 24.2 Å². The Balaban J connectivity index is 2.51. The normalized spacial score (nSPS) is 11.7. The summed E-state index contributed by atoms with van der Waals surface area (Å²) in [7, 11) is 0. The van der Waals surface area contributed by atoms with Crippen LogP contribution in [0.5, 0.6) is 5.75 Å². The van der Waals surface area contributed by atoms with Crippen LogP contribution < -0.4 is 10.1 Å². The predicted octanol–water partition coefficient (Wildman–Crippen LogP) is 2.46. The first-order valence-corrected chi connectivity index (χ1v) is 5.40. The average Bonchev–Trinajstić information content (AvgIpc) is 2.25. The summed E-state index contributed by atoms with van der Waals surface area (Å²) in [6.45, 7) is 5.19. The largest absolute Gasteiger partial charge is 0.481 e. The number of nitrogens with one attached hydrogen (secondary N) is 1. The lowest BCUT2D eigenvalue weighted by molar-refractivity contribution is -0.127. The van der Waals surface area contributed by atoms with Crippen molar-refractivity contribution < 1.29 is 13.9 Å². The minimum absolute atomic E-state index is 0.178. The highest BCUT2D eigenvalue weighted by Crippen LogP contribution is 2.13. The number of carbonyl (C=O) groups excluding carboxylic acids is 1. The summed E-state index contributed by atoms with van der Waals surface area (Å²) < 4.78 is 18.1. The number of benzene rings is 1. The topological polar surface area (TPSA) is 38.3 Å². The molecule has 17 heavy (non-hydrogen) atoms. The van der Waals surface area contributed by atoms with Gasteiger partial charge in [-0.15, -0.1) is 0 Å². The quantitative estimate of drug-likeness (QED) is 0.880. The van der Waals surface area contributed by atoms with E-state index < -0.39 is 11.9 Å². The van der Waals surface area contributed by atoms with Gasteiger partial charge in [-0.3, -0.25) is 4.79 Å². The number of ether oxygens (including phenoxy) is 1. The Labute approximate surface area is 104 Å². The van der Waals surface area contributed by atoms with E-state index in [9.17, 15) is 9.18 Å². The van der Waals surface area contributed by atoms with Crippen LogP contribution in [0.4, 0.5) is 4.39 Å². The molecule has 0 aliphatic carbocycles. The molecule has 0 aliphatic rings. The monoisotopic (exact) mass is 257 g/mol. The summed E-state index contributed by atoms with van der Waals surface area (Å²) in [6.07, 6.45) is -0.729. The molecule has 0 spiro atoms. The SMILES string of the molecule is C=C(Cl)CNC(=O)C(C)Oc1cccc(F)c1. The van der Waals surface area contributed by atoms with Crippen LogP contribution in [-0.2, 0) is 4.79 Å². The number of halogens is 2. The van der Waals surface area contributed by atoms with Crippen molar-refractivity contribution in [2.75, 3.05) is 6.54 Å². The van der Waals surface area contributed by atoms with E-state index in [1.165, 1.54) is 18.2 Å². The molecule has 0 aromatic heterocycles. The average molecular weight is 258 g/mol. The Morgan fingerprint density at radius 2 is 2.35 bits per heavy atom. The van der Waals surface area contributed by atoms with E-state index in [1.54, 1.807) is 13.0 Å². The number of rotatable bonds is 5. The molecule has 0 bridgehead atoms. The highest BCUT2D eigenvalue weighted by Gasteiger charge is 2.14. The summed E-state index contributed by atoms with van der Waals surface area (Å²) in [5.41, 5.74) is 0. The molecule has 92 valence electrons. The fraction of sp³-hybridized carbons (Fsp3) is 0.250. The third-order valence-corrected chi connectivity index (χ3v) is 2.07. The summed E-state index contributed by atoms with van der Waals surface area (Å²) >= 11 is 5.51. The van der Waals surface area contributed by atoms with Crippen LogP contribution in [0, 0.1) is 5.82 Å². The molecule has 1 unspecified atom stereocenters. The molecule has 1 rings (SSSR count). The van der Waals surface area contributed by atoms with E-state index in [-0.39, 0.29) is 12.5 Å². The number of hydrogen-bond acceptors (Lipinski definition) is 2. The molecule has 0 heterocycles. The minimum Gasteiger partial charge on any atom is -0.481 e. The van der Waals surface area contributed by atoms with Crippen LogP contribution in [0.2, 0.25) is 0 Å². The van der Waals surface area contributed by atoms with E-state index in [1.807, 2.05) is 0 Å². The zero-order valence-electron chi connectivity index (χ0n) is 9.37. The summed E-state index contributed by atoms with van der Waals surface area (Å²) in [5, 5.41) is 2.86. The molecule has 1 N–H and O–H groups in total. The van der Waals surface area contributed by atoms with Crippen LogP contribution in [0.15, 0.2) is 35.9 Å². The molecular formula is C12H13ClFNO2. The van der Waals surface area contributed by atoms with E-state index >= 15 is 0 Å². The second kappa shape index (κ2) is 6.25. The Kier molecular flexibility index (Phi) is 4.97. The van der Waals surface area contributed by atoms with Crippen molar-refractivity contribution in [2.24, 2.45) is 0 Å². The highest BCUT2D eigenvalue weighted by molar-refractivity contribution is 6.29. The lowest BCUT2D eigenvalue weighted by Crippen LogP contribution is -2.36. The van der Waals surface area contributed by atoms with Crippen molar-refractivity contribution in [3.05, 3.63) is 41.7 Å². The van der Waals surface area contributed by atoms with E-state index in [0.29, 0.717) is 10.8 Å². The minimum atomic E-state index is -0.729. The maximum atomic E-state index is 12.9. The Morgan fingerprint density at radius 1 is 1.65 bits per heavy atom. The molecule has 5 heteroatoms. The molecular weight excluding hydrogens is 245 g/mol. The van der Waals surface area contributed by atoms with Gasteiger partial charge in [0.15, 0.2) is 6.10 Å². The van der Waals surface area contributed by atoms with Crippen molar-refractivity contribution in [1.82, 2.24) is 5.32 Å². The maximum Gasteiger partial charge on any atom is 0.261 e. The fourth-order valence-corrected chi connectivity index (χ4v) is 1.19. The van der Waals surface area contributed by atoms with Gasteiger partial charge in [0, 0.05) is 11.1 Å². The van der Waals surface area contributed by atoms with E-state index in [0.717, 1.165) is 0 Å². The summed E-state index contributed by atoms with van der Waals surface area (Å²) in [5.74, 6) is -0.447. The van der Waals surface area contributed by atoms with E-state index in [2.05, 4.69) is 11.9 Å². The Bertz CT molecular complexity index is 423. The van der Waals surface area contributed by atoms with Gasteiger partial charge >= 0.3 is 0 Å². The fourth-order valence-electron chi connectivity index (χ4n) is 1.12. The Hall–Kier alpha value is -1.55. The lowest BCUT2D eigenvalue weighted by atomic mass is 10.3. The van der Waals surface area contributed by atoms with Crippen molar-refractivity contribution >= 4 is 17.5 Å². The predicted molar refractivity (Wildman–Crippen MR) is 64.5 cm³/mol. The molecule has 1 aromatic carbocycles. The number of amides is 1. The maximum absolute atomic E-state index is 12.9. The second-order valence-electron chi connectivity index (χ2n) is 3.45. The summed E-state index contributed by atoms with van der Waals surface area (Å²) in [6, 6.07) is 5.60. The second-order valence-corrected chi connectivity index (χ2v) is 3.99. The standard InChI is InChI=1S/C12H13ClFNO2/c1-8(13)7-15-12(16)9(2)17-11-5-3-4-10(14)6-11/h3-6,9H,1,7H2,2H3,(H,15,16). The van der Waals surface area contributed by atoms with Gasteiger partial charge in [0.2, 0.25) is 0 Å². The smallest absolute Gasteiger partial charge is 0.261 e. The van der Waals surface area contributed by atoms with Gasteiger partial charge < -0.3 is 10.1 Å². The molecule has 0 saturated carbocycles. The molecule has 1 atom stereocenters. The van der Waals surface area contributed by atoms with Crippen molar-refractivity contribution in [3.8, 4) is 5.75 Å².